The first-order valence-corrected chi connectivity index (χ1v) is 7.68. The second-order valence-electron chi connectivity index (χ2n) is 5.81. The normalized spacial score (nSPS) is 21.0. The summed E-state index contributed by atoms with van der Waals surface area (Å²) in [6.45, 7) is 4.53. The summed E-state index contributed by atoms with van der Waals surface area (Å²) in [5.41, 5.74) is 1.33. The maximum Gasteiger partial charge on any atom is 0.422 e. The Hall–Kier alpha value is -2.22. The number of nitrogens with zero attached hydrogens (tertiary/aromatic N) is 3. The molecule has 8 heteroatoms. The first-order valence-electron chi connectivity index (χ1n) is 7.68. The molecule has 0 amide bonds. The molecule has 2 aliphatic heterocycles. The molecule has 0 aromatic carbocycles. The molecule has 1 fully saturated rings. The molecule has 0 atom stereocenters. The van der Waals surface area contributed by atoms with Crippen LogP contribution in [0.1, 0.15) is 44.8 Å². The van der Waals surface area contributed by atoms with Gasteiger partial charge in [0.2, 0.25) is 0 Å². The molecule has 0 aliphatic carbocycles. The van der Waals surface area contributed by atoms with E-state index in [0.29, 0.717) is 24.4 Å². The van der Waals surface area contributed by atoms with E-state index >= 15 is 0 Å². The summed E-state index contributed by atoms with van der Waals surface area (Å²) in [4.78, 5) is 29.3. The van der Waals surface area contributed by atoms with E-state index in [2.05, 4.69) is 17.1 Å². The third-order valence-electron chi connectivity index (χ3n) is 4.13. The number of aryl methyl sites for hydroxylation is 1. The molecule has 8 nitrogen and oxygen atoms in total. The van der Waals surface area contributed by atoms with E-state index in [0.717, 1.165) is 24.8 Å². The smallest absolute Gasteiger partial charge is 0.395 e. The predicted octanol–water partition coefficient (Wildman–Crippen LogP) is 1.27. The molecular formula is C15H19N3O5. The van der Waals surface area contributed by atoms with Crippen molar-refractivity contribution in [2.75, 3.05) is 13.6 Å². The standard InChI is InChI=1S/C15H19N3O5/c1-4-5-6-10-16-12(23-17-10)11-9(2)7-8-18(3)15(11)21-13(19)14(20)22-15/h4-8H2,1-3H3. The second kappa shape index (κ2) is 5.77. The van der Waals surface area contributed by atoms with Gasteiger partial charge in [-0.2, -0.15) is 4.98 Å². The minimum atomic E-state index is -1.61. The Bertz CT molecular complexity index is 662. The number of esters is 2. The number of unbranched alkanes of at least 4 members (excludes halogenated alkanes) is 1. The second-order valence-corrected chi connectivity index (χ2v) is 5.81. The fourth-order valence-electron chi connectivity index (χ4n) is 2.79. The van der Waals surface area contributed by atoms with Crippen molar-refractivity contribution in [1.29, 1.82) is 0 Å². The summed E-state index contributed by atoms with van der Waals surface area (Å²) >= 11 is 0. The van der Waals surface area contributed by atoms with Crippen LogP contribution in [0.4, 0.5) is 0 Å². The van der Waals surface area contributed by atoms with E-state index in [1.165, 1.54) is 0 Å². The molecule has 0 unspecified atom stereocenters. The number of hydrogen-bond donors (Lipinski definition) is 0. The Balaban J connectivity index is 2.01. The van der Waals surface area contributed by atoms with Crippen molar-refractivity contribution in [2.45, 2.75) is 45.4 Å². The number of likely N-dealkylation sites (N-methyl/N-ethyl adjacent to an activating group) is 1. The third-order valence-corrected chi connectivity index (χ3v) is 4.13. The Morgan fingerprint density at radius 1 is 1.26 bits per heavy atom. The molecule has 0 radical (unpaired) electrons. The molecule has 2 aliphatic rings. The fraction of sp³-hybridized carbons (Fsp3) is 0.600. The van der Waals surface area contributed by atoms with Gasteiger partial charge in [-0.25, -0.2) is 14.5 Å². The molecule has 1 aromatic rings. The number of rotatable bonds is 4. The van der Waals surface area contributed by atoms with Crippen LogP contribution >= 0.6 is 0 Å². The van der Waals surface area contributed by atoms with Crippen LogP contribution in [0.25, 0.3) is 5.57 Å². The summed E-state index contributed by atoms with van der Waals surface area (Å²) in [5.74, 6) is -2.83. The zero-order valence-corrected chi connectivity index (χ0v) is 13.4. The van der Waals surface area contributed by atoms with Crippen LogP contribution in [0.2, 0.25) is 0 Å². The van der Waals surface area contributed by atoms with Crippen LogP contribution in [0, 0.1) is 0 Å². The first-order chi connectivity index (χ1) is 11.0. The Kier molecular flexibility index (Phi) is 3.93. The van der Waals surface area contributed by atoms with Gasteiger partial charge in [0.15, 0.2) is 5.82 Å². The average molecular weight is 321 g/mol. The molecule has 23 heavy (non-hydrogen) atoms. The Morgan fingerprint density at radius 3 is 2.61 bits per heavy atom. The SMILES string of the molecule is CCCCc1noc(C2=C(C)CCN(C)C23OC(=O)C(=O)O3)n1. The largest absolute Gasteiger partial charge is 0.422 e. The van der Waals surface area contributed by atoms with Crippen molar-refractivity contribution in [3.63, 3.8) is 0 Å². The van der Waals surface area contributed by atoms with Crippen molar-refractivity contribution in [1.82, 2.24) is 15.0 Å². The van der Waals surface area contributed by atoms with Crippen LogP contribution < -0.4 is 0 Å². The maximum atomic E-state index is 11.6. The highest BCUT2D eigenvalue weighted by atomic mass is 16.8. The minimum Gasteiger partial charge on any atom is -0.395 e. The van der Waals surface area contributed by atoms with Gasteiger partial charge in [-0.3, -0.25) is 0 Å². The number of carbonyl (C=O) groups is 2. The lowest BCUT2D eigenvalue weighted by Gasteiger charge is -2.38. The summed E-state index contributed by atoms with van der Waals surface area (Å²) in [6, 6.07) is 0. The fourth-order valence-corrected chi connectivity index (χ4v) is 2.79. The lowest BCUT2D eigenvalue weighted by Crippen LogP contribution is -2.52. The molecule has 1 aromatic heterocycles. The summed E-state index contributed by atoms with van der Waals surface area (Å²) in [5, 5.41) is 3.96. The van der Waals surface area contributed by atoms with Crippen LogP contribution in [-0.2, 0) is 25.5 Å². The summed E-state index contributed by atoms with van der Waals surface area (Å²) in [6.07, 6.45) is 3.39. The van der Waals surface area contributed by atoms with Gasteiger partial charge in [0.25, 0.3) is 5.89 Å². The monoisotopic (exact) mass is 321 g/mol. The van der Waals surface area contributed by atoms with Gasteiger partial charge in [-0.15, -0.1) is 0 Å². The van der Waals surface area contributed by atoms with E-state index in [9.17, 15) is 9.59 Å². The van der Waals surface area contributed by atoms with Gasteiger partial charge in [-0.1, -0.05) is 24.1 Å². The molecule has 3 heterocycles. The lowest BCUT2D eigenvalue weighted by molar-refractivity contribution is -0.211. The van der Waals surface area contributed by atoms with Crippen LogP contribution in [0.15, 0.2) is 10.1 Å². The van der Waals surface area contributed by atoms with E-state index in [1.54, 1.807) is 11.9 Å². The number of aromatic nitrogens is 2. The minimum absolute atomic E-state index is 0.225. The van der Waals surface area contributed by atoms with Crippen molar-refractivity contribution in [3.05, 3.63) is 17.3 Å². The highest BCUT2D eigenvalue weighted by Gasteiger charge is 2.58. The number of hydrogen-bond acceptors (Lipinski definition) is 8. The zero-order chi connectivity index (χ0) is 16.6. The summed E-state index contributed by atoms with van der Waals surface area (Å²) in [7, 11) is 1.71. The van der Waals surface area contributed by atoms with E-state index < -0.39 is 17.8 Å². The van der Waals surface area contributed by atoms with Gasteiger partial charge in [0.05, 0.1) is 0 Å². The highest BCUT2D eigenvalue weighted by Crippen LogP contribution is 2.43. The van der Waals surface area contributed by atoms with E-state index in [1.807, 2.05) is 6.92 Å². The average Bonchev–Trinajstić information content (AvgIpc) is 3.08. The van der Waals surface area contributed by atoms with Crippen molar-refractivity contribution in [3.8, 4) is 0 Å². The van der Waals surface area contributed by atoms with Crippen LogP contribution in [0.5, 0.6) is 0 Å². The topological polar surface area (TPSA) is 94.8 Å². The lowest BCUT2D eigenvalue weighted by atomic mass is 9.97. The van der Waals surface area contributed by atoms with Crippen molar-refractivity contribution < 1.29 is 23.6 Å². The van der Waals surface area contributed by atoms with Gasteiger partial charge in [0, 0.05) is 13.0 Å². The van der Waals surface area contributed by atoms with E-state index in [4.69, 9.17) is 14.0 Å². The number of carbonyl (C=O) groups excluding carboxylic acids is 2. The molecule has 124 valence electrons. The highest BCUT2D eigenvalue weighted by molar-refractivity contribution is 6.31. The molecule has 0 bridgehead atoms. The van der Waals surface area contributed by atoms with E-state index in [-0.39, 0.29) is 5.89 Å². The Morgan fingerprint density at radius 2 is 1.96 bits per heavy atom. The molecule has 1 spiro atoms. The summed E-state index contributed by atoms with van der Waals surface area (Å²) < 4.78 is 15.9. The van der Waals surface area contributed by atoms with Gasteiger partial charge in [-0.05, 0) is 26.8 Å². The van der Waals surface area contributed by atoms with Gasteiger partial charge < -0.3 is 14.0 Å². The molecule has 3 rings (SSSR count). The number of ether oxygens (including phenoxy) is 2. The maximum absolute atomic E-state index is 11.6. The van der Waals surface area contributed by atoms with Crippen molar-refractivity contribution >= 4 is 17.5 Å². The zero-order valence-electron chi connectivity index (χ0n) is 13.4. The third kappa shape index (κ3) is 2.52. The molecule has 0 saturated carbocycles. The van der Waals surface area contributed by atoms with Crippen LogP contribution in [-0.4, -0.2) is 46.5 Å². The van der Waals surface area contributed by atoms with Crippen LogP contribution in [0.3, 0.4) is 0 Å². The predicted molar refractivity (Wildman–Crippen MR) is 77.7 cm³/mol. The van der Waals surface area contributed by atoms with Gasteiger partial charge in [0.1, 0.15) is 5.57 Å². The quantitative estimate of drug-likeness (QED) is 0.604. The van der Waals surface area contributed by atoms with Gasteiger partial charge >= 0.3 is 17.8 Å². The first kappa shape index (κ1) is 15.7. The molecular weight excluding hydrogens is 302 g/mol. The molecule has 1 saturated heterocycles. The van der Waals surface area contributed by atoms with Crippen molar-refractivity contribution in [2.24, 2.45) is 0 Å². The molecule has 0 N–H and O–H groups in total. The Labute approximate surface area is 133 Å².